The molecule has 0 unspecified atom stereocenters. The maximum Gasteiger partial charge on any atom is 0.153 e. The van der Waals surface area contributed by atoms with Crippen molar-refractivity contribution in [3.63, 3.8) is 0 Å². The zero-order valence-corrected chi connectivity index (χ0v) is 9.96. The minimum atomic E-state index is 0.500. The highest BCUT2D eigenvalue weighted by Gasteiger charge is 2.15. The Bertz CT molecular complexity index is 666. The Morgan fingerprint density at radius 3 is 2.61 bits per heavy atom. The average Bonchev–Trinajstić information content (AvgIpc) is 2.96. The number of nitrogens with two attached hydrogens (primary N) is 1. The molecule has 3 aromatic rings. The number of nitrogens with zero attached hydrogens (tertiary/aromatic N) is 3. The first kappa shape index (κ1) is 10.6. The maximum atomic E-state index is 5.95. The zero-order chi connectivity index (χ0) is 12.5. The van der Waals surface area contributed by atoms with Crippen molar-refractivity contribution in [3.05, 3.63) is 42.7 Å². The van der Waals surface area contributed by atoms with Gasteiger partial charge in [0.2, 0.25) is 0 Å². The maximum absolute atomic E-state index is 5.95. The third-order valence-corrected chi connectivity index (χ3v) is 2.85. The van der Waals surface area contributed by atoms with E-state index in [1.54, 1.807) is 10.9 Å². The van der Waals surface area contributed by atoms with Crippen LogP contribution in [-0.2, 0) is 7.05 Å². The van der Waals surface area contributed by atoms with E-state index in [1.807, 2.05) is 43.6 Å². The molecule has 2 aromatic heterocycles. The predicted octanol–water partition coefficient (Wildman–Crippen LogP) is 2.06. The van der Waals surface area contributed by atoms with E-state index in [2.05, 4.69) is 15.3 Å². The van der Waals surface area contributed by atoms with Crippen molar-refractivity contribution in [2.75, 3.05) is 5.73 Å². The average molecular weight is 239 g/mol. The summed E-state index contributed by atoms with van der Waals surface area (Å²) in [4.78, 5) is 0. The van der Waals surface area contributed by atoms with Gasteiger partial charge in [-0.05, 0) is 5.56 Å². The molecule has 5 heteroatoms. The Kier molecular flexibility index (Phi) is 2.37. The summed E-state index contributed by atoms with van der Waals surface area (Å²) in [5, 5.41) is 11.2. The monoisotopic (exact) mass is 239 g/mol. The Hall–Kier alpha value is -2.56. The molecule has 5 nitrogen and oxygen atoms in total. The van der Waals surface area contributed by atoms with Crippen LogP contribution in [0.5, 0.6) is 0 Å². The number of hydrogen-bond acceptors (Lipinski definition) is 3. The van der Waals surface area contributed by atoms with E-state index < -0.39 is 0 Å². The lowest BCUT2D eigenvalue weighted by atomic mass is 10.0. The molecule has 0 saturated carbocycles. The van der Waals surface area contributed by atoms with Gasteiger partial charge in [-0.25, -0.2) is 0 Å². The van der Waals surface area contributed by atoms with Gasteiger partial charge in [0.1, 0.15) is 0 Å². The minimum Gasteiger partial charge on any atom is -0.382 e. The molecule has 0 aliphatic carbocycles. The topological polar surface area (TPSA) is 72.5 Å². The minimum absolute atomic E-state index is 0.500. The second kappa shape index (κ2) is 4.03. The van der Waals surface area contributed by atoms with Crippen molar-refractivity contribution in [1.82, 2.24) is 20.0 Å². The van der Waals surface area contributed by atoms with Crippen LogP contribution in [0.25, 0.3) is 22.4 Å². The van der Waals surface area contributed by atoms with E-state index in [1.165, 1.54) is 0 Å². The summed E-state index contributed by atoms with van der Waals surface area (Å²) in [6.45, 7) is 0. The van der Waals surface area contributed by atoms with E-state index in [-0.39, 0.29) is 0 Å². The van der Waals surface area contributed by atoms with Gasteiger partial charge in [-0.15, -0.1) is 0 Å². The van der Waals surface area contributed by atoms with Crippen molar-refractivity contribution in [2.24, 2.45) is 7.05 Å². The molecule has 90 valence electrons. The Labute approximate surface area is 104 Å². The molecule has 2 heterocycles. The van der Waals surface area contributed by atoms with Crippen LogP contribution in [0.4, 0.5) is 5.82 Å². The number of H-pyrrole nitrogens is 1. The first-order valence-corrected chi connectivity index (χ1v) is 5.64. The molecule has 0 fully saturated rings. The first-order valence-electron chi connectivity index (χ1n) is 5.64. The number of aromatic amines is 1. The van der Waals surface area contributed by atoms with E-state index in [4.69, 9.17) is 5.73 Å². The molecule has 0 aliphatic heterocycles. The molecule has 0 aliphatic rings. The van der Waals surface area contributed by atoms with Crippen LogP contribution in [0.15, 0.2) is 42.7 Å². The van der Waals surface area contributed by atoms with Gasteiger partial charge < -0.3 is 5.73 Å². The molecular formula is C13H13N5. The molecule has 18 heavy (non-hydrogen) atoms. The molecule has 3 N–H and O–H groups in total. The van der Waals surface area contributed by atoms with Gasteiger partial charge in [-0.1, -0.05) is 30.3 Å². The van der Waals surface area contributed by atoms with Crippen molar-refractivity contribution in [1.29, 1.82) is 0 Å². The SMILES string of the molecule is Cn1cc(-c2[nH]nc(N)c2-c2ccccc2)cn1. The van der Waals surface area contributed by atoms with Gasteiger partial charge in [-0.2, -0.15) is 10.2 Å². The normalized spacial score (nSPS) is 10.7. The number of anilines is 1. The van der Waals surface area contributed by atoms with Crippen LogP contribution < -0.4 is 5.73 Å². The Morgan fingerprint density at radius 1 is 1.17 bits per heavy atom. The van der Waals surface area contributed by atoms with Crippen LogP contribution in [-0.4, -0.2) is 20.0 Å². The highest BCUT2D eigenvalue weighted by Crippen LogP contribution is 2.33. The highest BCUT2D eigenvalue weighted by atomic mass is 15.2. The number of nitrogens with one attached hydrogen (secondary N) is 1. The summed E-state index contributed by atoms with van der Waals surface area (Å²) in [6, 6.07) is 9.97. The molecular weight excluding hydrogens is 226 g/mol. The molecule has 1 aromatic carbocycles. The second-order valence-corrected chi connectivity index (χ2v) is 4.13. The van der Waals surface area contributed by atoms with E-state index in [0.29, 0.717) is 5.82 Å². The van der Waals surface area contributed by atoms with Gasteiger partial charge in [0.05, 0.1) is 17.5 Å². The summed E-state index contributed by atoms with van der Waals surface area (Å²) >= 11 is 0. The zero-order valence-electron chi connectivity index (χ0n) is 9.96. The molecule has 0 saturated heterocycles. The quantitative estimate of drug-likeness (QED) is 0.719. The third kappa shape index (κ3) is 1.66. The summed E-state index contributed by atoms with van der Waals surface area (Å²) in [6.07, 6.45) is 3.72. The summed E-state index contributed by atoms with van der Waals surface area (Å²) in [5.41, 5.74) is 9.78. The number of benzene rings is 1. The van der Waals surface area contributed by atoms with E-state index >= 15 is 0 Å². The molecule has 3 rings (SSSR count). The van der Waals surface area contributed by atoms with Crippen molar-refractivity contribution in [2.45, 2.75) is 0 Å². The fourth-order valence-electron chi connectivity index (χ4n) is 2.01. The van der Waals surface area contributed by atoms with Crippen LogP contribution in [0, 0.1) is 0 Å². The number of aryl methyl sites for hydroxylation is 1. The summed E-state index contributed by atoms with van der Waals surface area (Å²) < 4.78 is 1.75. The summed E-state index contributed by atoms with van der Waals surface area (Å²) in [7, 11) is 1.88. The Morgan fingerprint density at radius 2 is 1.94 bits per heavy atom. The second-order valence-electron chi connectivity index (χ2n) is 4.13. The van der Waals surface area contributed by atoms with Crippen LogP contribution in [0.3, 0.4) is 0 Å². The fourth-order valence-corrected chi connectivity index (χ4v) is 2.01. The highest BCUT2D eigenvalue weighted by molar-refractivity contribution is 5.87. The van der Waals surface area contributed by atoms with Crippen LogP contribution >= 0.6 is 0 Å². The predicted molar refractivity (Wildman–Crippen MR) is 70.6 cm³/mol. The van der Waals surface area contributed by atoms with E-state index in [9.17, 15) is 0 Å². The molecule has 0 spiro atoms. The molecule has 0 radical (unpaired) electrons. The lowest BCUT2D eigenvalue weighted by Crippen LogP contribution is -1.88. The van der Waals surface area contributed by atoms with Gasteiger partial charge >= 0.3 is 0 Å². The number of aromatic nitrogens is 4. The summed E-state index contributed by atoms with van der Waals surface area (Å²) in [5.74, 6) is 0.500. The standard InChI is InChI=1S/C13H13N5/c1-18-8-10(7-15-18)12-11(13(14)17-16-12)9-5-3-2-4-6-9/h2-8H,1H3,(H3,14,16,17). The molecule has 0 amide bonds. The fraction of sp³-hybridized carbons (Fsp3) is 0.0769. The van der Waals surface area contributed by atoms with Gasteiger partial charge in [0.15, 0.2) is 5.82 Å². The number of nitrogen functional groups attached to an aromatic ring is 1. The number of hydrogen-bond donors (Lipinski definition) is 2. The van der Waals surface area contributed by atoms with Crippen LogP contribution in [0.1, 0.15) is 0 Å². The van der Waals surface area contributed by atoms with E-state index in [0.717, 1.165) is 22.4 Å². The van der Waals surface area contributed by atoms with Crippen molar-refractivity contribution in [3.8, 4) is 22.4 Å². The molecule has 0 atom stereocenters. The van der Waals surface area contributed by atoms with Crippen molar-refractivity contribution >= 4 is 5.82 Å². The largest absolute Gasteiger partial charge is 0.382 e. The third-order valence-electron chi connectivity index (χ3n) is 2.85. The smallest absolute Gasteiger partial charge is 0.153 e. The Balaban J connectivity index is 2.18. The van der Waals surface area contributed by atoms with Crippen LogP contribution in [0.2, 0.25) is 0 Å². The first-order chi connectivity index (χ1) is 8.75. The van der Waals surface area contributed by atoms with Gasteiger partial charge in [-0.3, -0.25) is 9.78 Å². The number of rotatable bonds is 2. The van der Waals surface area contributed by atoms with Gasteiger partial charge in [0.25, 0.3) is 0 Å². The lowest BCUT2D eigenvalue weighted by Gasteiger charge is -2.02. The lowest BCUT2D eigenvalue weighted by molar-refractivity contribution is 0.768. The molecule has 0 bridgehead atoms. The van der Waals surface area contributed by atoms with Gasteiger partial charge in [0, 0.05) is 18.8 Å². The van der Waals surface area contributed by atoms with Crippen molar-refractivity contribution < 1.29 is 0 Å².